The van der Waals surface area contributed by atoms with Crippen molar-refractivity contribution in [3.63, 3.8) is 0 Å². The van der Waals surface area contributed by atoms with Gasteiger partial charge in [0.1, 0.15) is 0 Å². The van der Waals surface area contributed by atoms with Crippen LogP contribution in [0, 0.1) is 0 Å². The first-order valence-electron chi connectivity index (χ1n) is 17.4. The Morgan fingerprint density at radius 1 is 0.478 bits per heavy atom. The van der Waals surface area contributed by atoms with Gasteiger partial charge >= 0.3 is 0 Å². The molecule has 2 atom stereocenters. The molecule has 0 bridgehead atoms. The SMILES string of the molecule is CC(C)(C)c1cc(C(C)(C)C)c(P2C(=O)[C-]=P(c3c(C(C)(C)C)cc(C(C)(C)C)cc3C(C)(C)C)=C2[Si](C)(C)C)c(C(C)(C)C)c1. The Bertz CT molecular complexity index is 1540. The first-order chi connectivity index (χ1) is 20.2. The van der Waals surface area contributed by atoms with Crippen LogP contribution in [0.15, 0.2) is 24.3 Å². The minimum absolute atomic E-state index is 0.0136. The van der Waals surface area contributed by atoms with Crippen molar-refractivity contribution in [1.82, 2.24) is 0 Å². The summed E-state index contributed by atoms with van der Waals surface area (Å²) in [6.07, 6.45) is 0. The number of benzene rings is 2. The normalized spacial score (nSPS) is 18.4. The minimum atomic E-state index is -2.00. The van der Waals surface area contributed by atoms with Crippen LogP contribution in [-0.2, 0) is 37.3 Å². The molecule has 256 valence electrons. The van der Waals surface area contributed by atoms with Crippen molar-refractivity contribution in [3.05, 3.63) is 57.6 Å². The van der Waals surface area contributed by atoms with Crippen LogP contribution in [-0.4, -0.2) is 24.1 Å². The van der Waals surface area contributed by atoms with Gasteiger partial charge in [-0.25, -0.2) is 0 Å². The number of hydrogen-bond donors (Lipinski definition) is 0. The van der Waals surface area contributed by atoms with Gasteiger partial charge in [-0.15, -0.1) is 0 Å². The summed E-state index contributed by atoms with van der Waals surface area (Å²) in [7, 11) is -4.23. The second-order valence-corrected chi connectivity index (χ2v) is 31.0. The van der Waals surface area contributed by atoms with Crippen LogP contribution in [0.25, 0.3) is 0 Å². The molecular weight excluding hydrogens is 610 g/mol. The lowest BCUT2D eigenvalue weighted by molar-refractivity contribution is -0.105. The Labute approximate surface area is 287 Å². The molecule has 0 N–H and O–H groups in total. The topological polar surface area (TPSA) is 17.1 Å². The molecular formula is C42H67OP2Si-. The molecule has 1 nitrogen and oxygen atoms in total. The van der Waals surface area contributed by atoms with Crippen LogP contribution in [0.5, 0.6) is 0 Å². The van der Waals surface area contributed by atoms with Crippen molar-refractivity contribution < 1.29 is 4.79 Å². The van der Waals surface area contributed by atoms with Crippen LogP contribution in [0.4, 0.5) is 0 Å². The fraction of sp³-hybridized carbons (Fsp3) is 0.643. The maximum absolute atomic E-state index is 14.9. The third kappa shape index (κ3) is 7.98. The molecule has 3 rings (SSSR count). The summed E-state index contributed by atoms with van der Waals surface area (Å²) in [5, 5.41) is 2.75. The first kappa shape index (κ1) is 39.2. The van der Waals surface area contributed by atoms with E-state index in [9.17, 15) is 4.79 Å². The predicted molar refractivity (Wildman–Crippen MR) is 217 cm³/mol. The maximum Gasteiger partial charge on any atom is 0.0809 e. The van der Waals surface area contributed by atoms with Crippen LogP contribution in [0.3, 0.4) is 0 Å². The van der Waals surface area contributed by atoms with Gasteiger partial charge in [0.25, 0.3) is 0 Å². The molecule has 0 aromatic heterocycles. The molecule has 2 aromatic rings. The lowest BCUT2D eigenvalue weighted by Crippen LogP contribution is -2.39. The highest BCUT2D eigenvalue weighted by Gasteiger charge is 2.40. The molecule has 0 spiro atoms. The molecule has 46 heavy (non-hydrogen) atoms. The fourth-order valence-electron chi connectivity index (χ4n) is 6.34. The van der Waals surface area contributed by atoms with E-state index < -0.39 is 23.2 Å². The molecule has 4 heteroatoms. The average molecular weight is 678 g/mol. The lowest BCUT2D eigenvalue weighted by Gasteiger charge is -2.39. The fourth-order valence-corrected chi connectivity index (χ4v) is 19.2. The molecule has 2 unspecified atom stereocenters. The zero-order valence-electron chi connectivity index (χ0n) is 33.6. The van der Waals surface area contributed by atoms with E-state index in [1.807, 2.05) is 0 Å². The van der Waals surface area contributed by atoms with E-state index in [4.69, 9.17) is 0 Å². The van der Waals surface area contributed by atoms with Crippen LogP contribution < -0.4 is 10.6 Å². The number of hydrogen-bond acceptors (Lipinski definition) is 1. The first-order valence-corrected chi connectivity index (χ1v) is 23.5. The third-order valence-corrected chi connectivity index (χ3v) is 20.9. The summed E-state index contributed by atoms with van der Waals surface area (Å²) in [4.78, 5) is 14.9. The Kier molecular flexibility index (Phi) is 10.2. The van der Waals surface area contributed by atoms with Crippen LogP contribution in [0.2, 0.25) is 19.6 Å². The molecule has 1 aliphatic rings. The van der Waals surface area contributed by atoms with Crippen molar-refractivity contribution in [3.8, 4) is 0 Å². The standard InChI is InChI=1S/C42H67OP2Si/c1-37(2,3)27-22-29(39(7,8)9)34(30(23-27)40(10,11)12)44-26-33(43)45(36(44)46(19,20)21)35-31(41(13,14)15)24-28(38(4,5)6)25-32(35)42(16,17)18/h22-25H,1-21H3/q-1. The van der Waals surface area contributed by atoms with Gasteiger partial charge < -0.3 is 10.6 Å². The molecule has 0 saturated heterocycles. The van der Waals surface area contributed by atoms with E-state index >= 15 is 0 Å². The highest BCUT2D eigenvalue weighted by molar-refractivity contribution is 8.15. The highest BCUT2D eigenvalue weighted by atomic mass is 31.2. The Hall–Kier alpha value is -1.20. The monoisotopic (exact) mass is 677 g/mol. The van der Waals surface area contributed by atoms with E-state index in [0.717, 1.165) is 0 Å². The van der Waals surface area contributed by atoms with Crippen molar-refractivity contribution in [1.29, 1.82) is 0 Å². The number of carbonyl (C=O) groups excluding carboxylic acids is 1. The molecule has 0 fully saturated rings. The summed E-state index contributed by atoms with van der Waals surface area (Å²) in [5.41, 5.74) is 8.22. The largest absolute Gasteiger partial charge is 0.389 e. The van der Waals surface area contributed by atoms with E-state index in [1.165, 1.54) is 44.0 Å². The second kappa shape index (κ2) is 12.0. The van der Waals surface area contributed by atoms with Gasteiger partial charge in [-0.1, -0.05) is 173 Å². The van der Waals surface area contributed by atoms with Gasteiger partial charge in [-0.3, -0.25) is 7.17 Å². The number of carbonyl (C=O) groups is 1. The van der Waals surface area contributed by atoms with Crippen molar-refractivity contribution in [2.75, 3.05) is 0 Å². The van der Waals surface area contributed by atoms with Gasteiger partial charge in [0.05, 0.1) is 8.07 Å². The van der Waals surface area contributed by atoms with Crippen molar-refractivity contribution >= 4 is 49.8 Å². The molecule has 2 aromatic carbocycles. The Balaban J connectivity index is 2.71. The summed E-state index contributed by atoms with van der Waals surface area (Å²) < 4.78 is 1.56. The van der Waals surface area contributed by atoms with Crippen molar-refractivity contribution in [2.45, 2.75) is 177 Å². The molecule has 0 amide bonds. The van der Waals surface area contributed by atoms with Gasteiger partial charge in [-0.05, 0) is 84.4 Å². The Morgan fingerprint density at radius 2 is 0.761 bits per heavy atom. The molecule has 0 radical (unpaired) electrons. The molecule has 1 aliphatic heterocycles. The molecule has 0 aliphatic carbocycles. The van der Waals surface area contributed by atoms with Gasteiger partial charge in [0, 0.05) is 5.52 Å². The quantitative estimate of drug-likeness (QED) is 0.180. The van der Waals surface area contributed by atoms with Gasteiger partial charge in [-0.2, -0.15) is 0 Å². The second-order valence-electron chi connectivity index (χ2n) is 21.0. The number of rotatable bonds is 3. The maximum atomic E-state index is 14.9. The van der Waals surface area contributed by atoms with E-state index in [0.29, 0.717) is 0 Å². The zero-order valence-corrected chi connectivity index (χ0v) is 36.4. The van der Waals surface area contributed by atoms with Gasteiger partial charge in [0.2, 0.25) is 0 Å². The average Bonchev–Trinajstić information content (AvgIpc) is 3.16. The minimum Gasteiger partial charge on any atom is -0.389 e. The highest BCUT2D eigenvalue weighted by Crippen LogP contribution is 2.55. The third-order valence-electron chi connectivity index (χ3n) is 9.14. The van der Waals surface area contributed by atoms with E-state index in [1.54, 1.807) is 4.66 Å². The molecule has 0 saturated carbocycles. The molecule has 1 heterocycles. The zero-order chi connectivity index (χ0) is 36.0. The van der Waals surface area contributed by atoms with Gasteiger partial charge in [0.15, 0.2) is 0 Å². The van der Waals surface area contributed by atoms with Crippen LogP contribution in [0.1, 0.15) is 158 Å². The predicted octanol–water partition coefficient (Wildman–Crippen LogP) is 11.6. The summed E-state index contributed by atoms with van der Waals surface area (Å²) in [5.74, 6) is 3.81. The summed E-state index contributed by atoms with van der Waals surface area (Å²) in [6.45, 7) is 49.6. The summed E-state index contributed by atoms with van der Waals surface area (Å²) >= 11 is 0. The van der Waals surface area contributed by atoms with E-state index in [2.05, 4.69) is 174 Å². The van der Waals surface area contributed by atoms with E-state index in [-0.39, 0.29) is 38.0 Å². The van der Waals surface area contributed by atoms with Crippen molar-refractivity contribution in [2.24, 2.45) is 0 Å². The Morgan fingerprint density at radius 3 is 1.00 bits per heavy atom. The van der Waals surface area contributed by atoms with Crippen LogP contribution >= 0.6 is 15.1 Å². The lowest BCUT2D eigenvalue weighted by atomic mass is 9.75. The smallest absolute Gasteiger partial charge is 0.0809 e. The summed E-state index contributed by atoms with van der Waals surface area (Å²) in [6, 6.07) is 9.89.